The summed E-state index contributed by atoms with van der Waals surface area (Å²) in [6.45, 7) is 4.74. The van der Waals surface area contributed by atoms with Gasteiger partial charge in [-0.05, 0) is 44.7 Å². The van der Waals surface area contributed by atoms with Crippen LogP contribution in [-0.2, 0) is 4.79 Å². The minimum Gasteiger partial charge on any atom is -0.332 e. The summed E-state index contributed by atoms with van der Waals surface area (Å²) >= 11 is 0. The predicted octanol–water partition coefficient (Wildman–Crippen LogP) is 0.151. The standard InChI is InChI=1S/C13H21N5O2/c1-9(11-15-12(20)17-16-11)18-8-13(3-2-10(18)19)4-6-14-7-5-13/h9,14H,2-8H2,1H3,(H2,15,16,17,20)/t9-/m1/s1. The third-order valence-electron chi connectivity index (χ3n) is 4.74. The number of nitrogens with one attached hydrogen (secondary N) is 3. The Morgan fingerprint density at radius 2 is 2.00 bits per heavy atom. The summed E-state index contributed by atoms with van der Waals surface area (Å²) in [6.07, 6.45) is 3.80. The lowest BCUT2D eigenvalue weighted by Crippen LogP contribution is -2.51. The zero-order valence-corrected chi connectivity index (χ0v) is 11.7. The highest BCUT2D eigenvalue weighted by Crippen LogP contribution is 2.40. The molecule has 1 amide bonds. The van der Waals surface area contributed by atoms with Crippen LogP contribution in [0.5, 0.6) is 0 Å². The van der Waals surface area contributed by atoms with E-state index >= 15 is 0 Å². The van der Waals surface area contributed by atoms with Gasteiger partial charge in [-0.3, -0.25) is 9.78 Å². The highest BCUT2D eigenvalue weighted by molar-refractivity contribution is 5.77. The summed E-state index contributed by atoms with van der Waals surface area (Å²) in [6, 6.07) is -0.187. The van der Waals surface area contributed by atoms with E-state index in [1.165, 1.54) is 0 Å². The van der Waals surface area contributed by atoms with Gasteiger partial charge in [0.15, 0.2) is 5.82 Å². The molecule has 0 aliphatic carbocycles. The molecule has 3 N–H and O–H groups in total. The Morgan fingerprint density at radius 3 is 2.65 bits per heavy atom. The van der Waals surface area contributed by atoms with Crippen LogP contribution >= 0.6 is 0 Å². The molecule has 110 valence electrons. The highest BCUT2D eigenvalue weighted by Gasteiger charge is 2.41. The second-order valence-corrected chi connectivity index (χ2v) is 6.01. The van der Waals surface area contributed by atoms with Crippen molar-refractivity contribution in [1.82, 2.24) is 25.4 Å². The van der Waals surface area contributed by atoms with E-state index in [0.717, 1.165) is 38.9 Å². The Hall–Kier alpha value is -1.63. The lowest BCUT2D eigenvalue weighted by Gasteiger charge is -2.46. The van der Waals surface area contributed by atoms with Crippen LogP contribution in [0.2, 0.25) is 0 Å². The molecule has 2 aliphatic heterocycles. The van der Waals surface area contributed by atoms with Gasteiger partial charge in [0, 0.05) is 13.0 Å². The van der Waals surface area contributed by atoms with E-state index in [9.17, 15) is 9.59 Å². The van der Waals surface area contributed by atoms with Crippen molar-refractivity contribution in [2.75, 3.05) is 19.6 Å². The lowest BCUT2D eigenvalue weighted by atomic mass is 9.72. The molecular formula is C13H21N5O2. The molecule has 0 bridgehead atoms. The number of nitrogens with zero attached hydrogens (tertiary/aromatic N) is 2. The minimum absolute atomic E-state index is 0.158. The molecule has 1 aromatic rings. The van der Waals surface area contributed by atoms with Crippen molar-refractivity contribution in [3.05, 3.63) is 16.3 Å². The molecule has 1 spiro atoms. The molecular weight excluding hydrogens is 258 g/mol. The van der Waals surface area contributed by atoms with Gasteiger partial charge in [0.1, 0.15) is 0 Å². The predicted molar refractivity (Wildman–Crippen MR) is 73.1 cm³/mol. The molecule has 3 heterocycles. The third-order valence-corrected chi connectivity index (χ3v) is 4.74. The Bertz CT molecular complexity index is 543. The molecule has 2 aliphatic rings. The van der Waals surface area contributed by atoms with Crippen LogP contribution in [0.15, 0.2) is 4.79 Å². The maximum atomic E-state index is 12.2. The summed E-state index contributed by atoms with van der Waals surface area (Å²) in [5.41, 5.74) is -0.0859. The molecule has 1 atom stereocenters. The van der Waals surface area contributed by atoms with E-state index in [1.807, 2.05) is 11.8 Å². The van der Waals surface area contributed by atoms with Crippen LogP contribution < -0.4 is 11.0 Å². The number of aromatic amines is 2. The van der Waals surface area contributed by atoms with Gasteiger partial charge in [-0.2, -0.15) is 5.10 Å². The van der Waals surface area contributed by atoms with Crippen molar-refractivity contribution in [1.29, 1.82) is 0 Å². The Morgan fingerprint density at radius 1 is 1.25 bits per heavy atom. The van der Waals surface area contributed by atoms with Crippen LogP contribution in [0, 0.1) is 5.41 Å². The Kier molecular flexibility index (Phi) is 3.37. The quantitative estimate of drug-likeness (QED) is 0.718. The molecule has 7 heteroatoms. The zero-order valence-electron chi connectivity index (χ0n) is 11.7. The van der Waals surface area contributed by atoms with E-state index in [1.54, 1.807) is 0 Å². The maximum Gasteiger partial charge on any atom is 0.340 e. The van der Waals surface area contributed by atoms with Crippen LogP contribution in [0.25, 0.3) is 0 Å². The van der Waals surface area contributed by atoms with Crippen molar-refractivity contribution >= 4 is 5.91 Å². The monoisotopic (exact) mass is 279 g/mol. The number of hydrogen-bond donors (Lipinski definition) is 3. The first-order valence-corrected chi connectivity index (χ1v) is 7.24. The molecule has 0 aromatic carbocycles. The number of carbonyl (C=O) groups is 1. The normalized spacial score (nSPS) is 24.1. The zero-order chi connectivity index (χ0) is 14.2. The topological polar surface area (TPSA) is 93.9 Å². The van der Waals surface area contributed by atoms with Gasteiger partial charge in [0.05, 0.1) is 6.04 Å². The van der Waals surface area contributed by atoms with Crippen LogP contribution in [0.4, 0.5) is 0 Å². The van der Waals surface area contributed by atoms with Crippen molar-refractivity contribution in [3.63, 3.8) is 0 Å². The van der Waals surface area contributed by atoms with E-state index in [0.29, 0.717) is 12.2 Å². The van der Waals surface area contributed by atoms with Gasteiger partial charge < -0.3 is 10.2 Å². The first kappa shape index (κ1) is 13.4. The van der Waals surface area contributed by atoms with E-state index in [4.69, 9.17) is 0 Å². The third kappa shape index (κ3) is 2.37. The molecule has 0 radical (unpaired) electrons. The summed E-state index contributed by atoms with van der Waals surface area (Å²) in [7, 11) is 0. The summed E-state index contributed by atoms with van der Waals surface area (Å²) in [5, 5.41) is 9.70. The number of carbonyl (C=O) groups excluding carboxylic acids is 1. The van der Waals surface area contributed by atoms with Gasteiger partial charge in [0.25, 0.3) is 0 Å². The van der Waals surface area contributed by atoms with Gasteiger partial charge in [-0.25, -0.2) is 9.89 Å². The minimum atomic E-state index is -0.326. The molecule has 0 unspecified atom stereocenters. The van der Waals surface area contributed by atoms with Gasteiger partial charge in [-0.15, -0.1) is 0 Å². The number of hydrogen-bond acceptors (Lipinski definition) is 4. The van der Waals surface area contributed by atoms with Crippen molar-refractivity contribution in [2.45, 2.75) is 38.6 Å². The number of rotatable bonds is 2. The second kappa shape index (κ2) is 5.05. The number of likely N-dealkylation sites (tertiary alicyclic amines) is 1. The molecule has 7 nitrogen and oxygen atoms in total. The fourth-order valence-electron chi connectivity index (χ4n) is 3.39. The van der Waals surface area contributed by atoms with Crippen molar-refractivity contribution in [2.24, 2.45) is 5.41 Å². The van der Waals surface area contributed by atoms with Crippen LogP contribution in [-0.4, -0.2) is 45.6 Å². The van der Waals surface area contributed by atoms with Gasteiger partial charge in [0.2, 0.25) is 5.91 Å². The van der Waals surface area contributed by atoms with E-state index in [-0.39, 0.29) is 23.1 Å². The molecule has 3 rings (SSSR count). The largest absolute Gasteiger partial charge is 0.340 e. The Labute approximate surface area is 117 Å². The average molecular weight is 279 g/mol. The fourth-order valence-corrected chi connectivity index (χ4v) is 3.39. The first-order chi connectivity index (χ1) is 9.60. The maximum absolute atomic E-state index is 12.2. The molecule has 2 fully saturated rings. The van der Waals surface area contributed by atoms with Crippen molar-refractivity contribution < 1.29 is 4.79 Å². The number of amides is 1. The number of aromatic nitrogens is 3. The summed E-state index contributed by atoms with van der Waals surface area (Å²) in [4.78, 5) is 27.9. The van der Waals surface area contributed by atoms with E-state index < -0.39 is 0 Å². The smallest absolute Gasteiger partial charge is 0.332 e. The van der Waals surface area contributed by atoms with Crippen LogP contribution in [0.3, 0.4) is 0 Å². The lowest BCUT2D eigenvalue weighted by molar-refractivity contribution is -0.141. The van der Waals surface area contributed by atoms with Crippen molar-refractivity contribution in [3.8, 4) is 0 Å². The molecule has 1 aromatic heterocycles. The SMILES string of the molecule is C[C@H](c1n[nH]c(=O)[nH]1)N1CC2(CCNCC2)CCC1=O. The average Bonchev–Trinajstić information content (AvgIpc) is 2.89. The molecule has 2 saturated heterocycles. The first-order valence-electron chi connectivity index (χ1n) is 7.24. The van der Waals surface area contributed by atoms with E-state index in [2.05, 4.69) is 20.5 Å². The molecule has 0 saturated carbocycles. The Balaban J connectivity index is 1.79. The summed E-state index contributed by atoms with van der Waals surface area (Å²) < 4.78 is 0. The number of H-pyrrole nitrogens is 2. The van der Waals surface area contributed by atoms with Gasteiger partial charge >= 0.3 is 5.69 Å². The van der Waals surface area contributed by atoms with Crippen LogP contribution in [0.1, 0.15) is 44.5 Å². The highest BCUT2D eigenvalue weighted by atomic mass is 16.2. The van der Waals surface area contributed by atoms with Gasteiger partial charge in [-0.1, -0.05) is 0 Å². The fraction of sp³-hybridized carbons (Fsp3) is 0.769. The second-order valence-electron chi connectivity index (χ2n) is 6.01. The number of piperidine rings is 2. The molecule has 20 heavy (non-hydrogen) atoms. The summed E-state index contributed by atoms with van der Waals surface area (Å²) in [5.74, 6) is 0.694.